The first-order chi connectivity index (χ1) is 8.19. The van der Waals surface area contributed by atoms with Crippen LogP contribution in [0.5, 0.6) is 0 Å². The van der Waals surface area contributed by atoms with Gasteiger partial charge in [-0.1, -0.05) is 30.1 Å². The maximum absolute atomic E-state index is 6.04. The number of benzene rings is 1. The zero-order valence-electron chi connectivity index (χ0n) is 10.0. The van der Waals surface area contributed by atoms with Gasteiger partial charge in [0.25, 0.3) is 0 Å². The second-order valence-corrected chi connectivity index (χ2v) is 5.34. The fourth-order valence-electron chi connectivity index (χ4n) is 2.39. The molecule has 1 atom stereocenters. The first-order valence-electron chi connectivity index (χ1n) is 6.13. The van der Waals surface area contributed by atoms with Crippen molar-refractivity contribution in [2.45, 2.75) is 25.8 Å². The maximum Gasteiger partial charge on any atom is 0.0441 e. The number of anilines is 1. The normalized spacial score (nSPS) is 20.6. The first kappa shape index (κ1) is 13.0. The average Bonchev–Trinajstić information content (AvgIpc) is 2.28. The number of nitrogens with zero attached hydrogens (tertiary/aromatic N) is 1. The lowest BCUT2D eigenvalue weighted by molar-refractivity contribution is 0.431. The molecule has 2 rings (SSSR count). The van der Waals surface area contributed by atoms with Crippen LogP contribution in [0.25, 0.3) is 0 Å². The number of likely N-dealkylation sites (N-methyl/N-ethyl adjacent to an activating group) is 1. The van der Waals surface area contributed by atoms with E-state index in [-0.39, 0.29) is 0 Å². The van der Waals surface area contributed by atoms with Gasteiger partial charge in [-0.15, -0.1) is 0 Å². The lowest BCUT2D eigenvalue weighted by Gasteiger charge is -2.35. The van der Waals surface area contributed by atoms with Crippen LogP contribution in [0.4, 0.5) is 5.69 Å². The van der Waals surface area contributed by atoms with E-state index in [0.29, 0.717) is 16.1 Å². The van der Waals surface area contributed by atoms with Crippen molar-refractivity contribution in [2.75, 3.05) is 24.5 Å². The monoisotopic (exact) mass is 272 g/mol. The SMILES string of the molecule is CCNC1CCCN(c2cc(Cl)cc(Cl)c2)C1. The third kappa shape index (κ3) is 3.51. The molecule has 4 heteroatoms. The molecule has 1 aliphatic rings. The van der Waals surface area contributed by atoms with Crippen LogP contribution in [0.3, 0.4) is 0 Å². The molecule has 1 fully saturated rings. The van der Waals surface area contributed by atoms with Crippen molar-refractivity contribution in [3.05, 3.63) is 28.2 Å². The third-order valence-corrected chi connectivity index (χ3v) is 3.56. The quantitative estimate of drug-likeness (QED) is 0.905. The largest absolute Gasteiger partial charge is 0.370 e. The minimum Gasteiger partial charge on any atom is -0.370 e. The molecule has 0 aliphatic carbocycles. The van der Waals surface area contributed by atoms with E-state index in [1.54, 1.807) is 6.07 Å². The summed E-state index contributed by atoms with van der Waals surface area (Å²) in [6, 6.07) is 6.33. The van der Waals surface area contributed by atoms with Crippen LogP contribution in [0, 0.1) is 0 Å². The number of rotatable bonds is 3. The number of nitrogens with one attached hydrogen (secondary N) is 1. The Bertz CT molecular complexity index is 359. The van der Waals surface area contributed by atoms with E-state index in [9.17, 15) is 0 Å². The summed E-state index contributed by atoms with van der Waals surface area (Å²) < 4.78 is 0. The number of hydrogen-bond donors (Lipinski definition) is 1. The van der Waals surface area contributed by atoms with Gasteiger partial charge in [-0.2, -0.15) is 0 Å². The van der Waals surface area contributed by atoms with Gasteiger partial charge >= 0.3 is 0 Å². The number of halogens is 2. The first-order valence-corrected chi connectivity index (χ1v) is 6.89. The second kappa shape index (κ2) is 5.94. The highest BCUT2D eigenvalue weighted by Crippen LogP contribution is 2.27. The average molecular weight is 273 g/mol. The van der Waals surface area contributed by atoms with E-state index in [2.05, 4.69) is 17.1 Å². The summed E-state index contributed by atoms with van der Waals surface area (Å²) in [5, 5.41) is 4.92. The zero-order valence-corrected chi connectivity index (χ0v) is 11.6. The highest BCUT2D eigenvalue weighted by molar-refractivity contribution is 6.35. The molecule has 1 aromatic rings. The fraction of sp³-hybridized carbons (Fsp3) is 0.538. The van der Waals surface area contributed by atoms with Gasteiger partial charge in [-0.25, -0.2) is 0 Å². The van der Waals surface area contributed by atoms with E-state index < -0.39 is 0 Å². The van der Waals surface area contributed by atoms with Gasteiger partial charge < -0.3 is 10.2 Å². The van der Waals surface area contributed by atoms with Gasteiger partial charge in [0.15, 0.2) is 0 Å². The third-order valence-electron chi connectivity index (χ3n) is 3.13. The molecule has 0 saturated carbocycles. The van der Waals surface area contributed by atoms with Crippen LogP contribution in [-0.2, 0) is 0 Å². The predicted molar refractivity (Wildman–Crippen MR) is 75.4 cm³/mol. The van der Waals surface area contributed by atoms with Gasteiger partial charge in [0.05, 0.1) is 0 Å². The molecule has 1 N–H and O–H groups in total. The molecule has 1 unspecified atom stereocenters. The van der Waals surface area contributed by atoms with Crippen LogP contribution in [0.2, 0.25) is 10.0 Å². The highest BCUT2D eigenvalue weighted by Gasteiger charge is 2.19. The van der Waals surface area contributed by atoms with Crippen LogP contribution < -0.4 is 10.2 Å². The molecule has 0 amide bonds. The van der Waals surface area contributed by atoms with Crippen LogP contribution in [-0.4, -0.2) is 25.7 Å². The Morgan fingerprint density at radius 1 is 1.29 bits per heavy atom. The molecule has 1 aromatic carbocycles. The van der Waals surface area contributed by atoms with Crippen LogP contribution in [0.1, 0.15) is 19.8 Å². The predicted octanol–water partition coefficient (Wildman–Crippen LogP) is 3.57. The Morgan fingerprint density at radius 3 is 2.65 bits per heavy atom. The molecule has 17 heavy (non-hydrogen) atoms. The fourth-order valence-corrected chi connectivity index (χ4v) is 2.90. The molecular formula is C13H18Cl2N2. The van der Waals surface area contributed by atoms with E-state index in [1.807, 2.05) is 12.1 Å². The Hall–Kier alpha value is -0.440. The van der Waals surface area contributed by atoms with Crippen molar-refractivity contribution in [1.29, 1.82) is 0 Å². The molecule has 1 saturated heterocycles. The van der Waals surface area contributed by atoms with Crippen LogP contribution >= 0.6 is 23.2 Å². The van der Waals surface area contributed by atoms with Crippen molar-refractivity contribution in [2.24, 2.45) is 0 Å². The molecule has 2 nitrogen and oxygen atoms in total. The Kier molecular flexibility index (Phi) is 4.55. The van der Waals surface area contributed by atoms with E-state index >= 15 is 0 Å². The smallest absolute Gasteiger partial charge is 0.0441 e. The van der Waals surface area contributed by atoms with E-state index in [1.165, 1.54) is 12.8 Å². The molecule has 1 heterocycles. The standard InChI is InChI=1S/C13H18Cl2N2/c1-2-16-12-4-3-5-17(9-12)13-7-10(14)6-11(15)8-13/h6-8,12,16H,2-5,9H2,1H3. The van der Waals surface area contributed by atoms with Crippen LogP contribution in [0.15, 0.2) is 18.2 Å². The molecule has 0 bridgehead atoms. The summed E-state index contributed by atoms with van der Waals surface area (Å²) in [4.78, 5) is 2.36. The summed E-state index contributed by atoms with van der Waals surface area (Å²) in [6.45, 7) is 5.28. The summed E-state index contributed by atoms with van der Waals surface area (Å²) in [5.74, 6) is 0. The van der Waals surface area contributed by atoms with Gasteiger partial charge in [-0.3, -0.25) is 0 Å². The molecule has 1 aliphatic heterocycles. The lowest BCUT2D eigenvalue weighted by atomic mass is 10.0. The summed E-state index contributed by atoms with van der Waals surface area (Å²) in [5.41, 5.74) is 1.13. The molecule has 0 radical (unpaired) electrons. The Labute approximate surface area is 113 Å². The summed E-state index contributed by atoms with van der Waals surface area (Å²) in [7, 11) is 0. The molecule has 0 aromatic heterocycles. The van der Waals surface area contributed by atoms with Gasteiger partial charge in [0.2, 0.25) is 0 Å². The van der Waals surface area contributed by atoms with Gasteiger partial charge in [0.1, 0.15) is 0 Å². The van der Waals surface area contributed by atoms with Gasteiger partial charge in [0, 0.05) is 34.9 Å². The molecule has 0 spiro atoms. The Morgan fingerprint density at radius 2 is 2.00 bits per heavy atom. The second-order valence-electron chi connectivity index (χ2n) is 4.47. The van der Waals surface area contributed by atoms with Gasteiger partial charge in [-0.05, 0) is 37.6 Å². The number of hydrogen-bond acceptors (Lipinski definition) is 2. The van der Waals surface area contributed by atoms with E-state index in [0.717, 1.165) is 25.3 Å². The summed E-state index contributed by atoms with van der Waals surface area (Å²) >= 11 is 12.1. The molecular weight excluding hydrogens is 255 g/mol. The highest BCUT2D eigenvalue weighted by atomic mass is 35.5. The minimum atomic E-state index is 0.575. The molecule has 94 valence electrons. The van der Waals surface area contributed by atoms with Crippen molar-refractivity contribution in [3.8, 4) is 0 Å². The van der Waals surface area contributed by atoms with Crippen molar-refractivity contribution in [1.82, 2.24) is 5.32 Å². The van der Waals surface area contributed by atoms with Crippen molar-refractivity contribution < 1.29 is 0 Å². The maximum atomic E-state index is 6.04. The van der Waals surface area contributed by atoms with Crippen molar-refractivity contribution >= 4 is 28.9 Å². The minimum absolute atomic E-state index is 0.575. The topological polar surface area (TPSA) is 15.3 Å². The number of piperidine rings is 1. The summed E-state index contributed by atoms with van der Waals surface area (Å²) in [6.07, 6.45) is 2.46. The lowest BCUT2D eigenvalue weighted by Crippen LogP contribution is -2.45. The van der Waals surface area contributed by atoms with E-state index in [4.69, 9.17) is 23.2 Å². The zero-order chi connectivity index (χ0) is 12.3. The van der Waals surface area contributed by atoms with Crippen molar-refractivity contribution in [3.63, 3.8) is 0 Å². The Balaban J connectivity index is 2.10.